The van der Waals surface area contributed by atoms with E-state index in [9.17, 15) is 0 Å². The molecular formula is C17H30IN5. The molecule has 0 bridgehead atoms. The third-order valence-electron chi connectivity index (χ3n) is 4.85. The van der Waals surface area contributed by atoms with Crippen molar-refractivity contribution in [2.24, 2.45) is 23.9 Å². The Morgan fingerprint density at radius 1 is 1.35 bits per heavy atom. The van der Waals surface area contributed by atoms with Gasteiger partial charge in [0.1, 0.15) is 0 Å². The fourth-order valence-electron chi connectivity index (χ4n) is 3.43. The van der Waals surface area contributed by atoms with Crippen molar-refractivity contribution in [3.8, 4) is 0 Å². The van der Waals surface area contributed by atoms with E-state index in [1.807, 2.05) is 25.0 Å². The summed E-state index contributed by atoms with van der Waals surface area (Å²) < 4.78 is 1.89. The SMILES string of the molecule is CN=C(NCCCC1CC1)N1CCC(Cc2cnn(C)c2)C1.I. The van der Waals surface area contributed by atoms with Gasteiger partial charge in [-0.1, -0.05) is 12.8 Å². The van der Waals surface area contributed by atoms with Crippen LogP contribution in [-0.4, -0.2) is 47.3 Å². The van der Waals surface area contributed by atoms with Crippen LogP contribution in [0.5, 0.6) is 0 Å². The quantitative estimate of drug-likeness (QED) is 0.326. The lowest BCUT2D eigenvalue weighted by molar-refractivity contribution is 0.458. The maximum atomic E-state index is 4.46. The molecule has 2 fully saturated rings. The maximum Gasteiger partial charge on any atom is 0.193 e. The van der Waals surface area contributed by atoms with Gasteiger partial charge in [-0.3, -0.25) is 9.67 Å². The second-order valence-electron chi connectivity index (χ2n) is 6.89. The van der Waals surface area contributed by atoms with Crippen LogP contribution in [-0.2, 0) is 13.5 Å². The molecule has 0 aromatic carbocycles. The topological polar surface area (TPSA) is 45.5 Å². The summed E-state index contributed by atoms with van der Waals surface area (Å²) in [5.74, 6) is 2.83. The molecule has 1 saturated carbocycles. The molecule has 1 saturated heterocycles. The summed E-state index contributed by atoms with van der Waals surface area (Å²) in [6.45, 7) is 3.29. The second kappa shape index (κ2) is 8.89. The van der Waals surface area contributed by atoms with Crippen LogP contribution in [0.15, 0.2) is 17.4 Å². The van der Waals surface area contributed by atoms with Crippen molar-refractivity contribution in [3.05, 3.63) is 18.0 Å². The van der Waals surface area contributed by atoms with Gasteiger partial charge in [0.05, 0.1) is 6.20 Å². The Kier molecular flexibility index (Phi) is 7.17. The Morgan fingerprint density at radius 3 is 2.83 bits per heavy atom. The van der Waals surface area contributed by atoms with Gasteiger partial charge in [-0.05, 0) is 43.1 Å². The van der Waals surface area contributed by atoms with Crippen LogP contribution in [0.4, 0.5) is 0 Å². The number of likely N-dealkylation sites (tertiary alicyclic amines) is 1. The van der Waals surface area contributed by atoms with Crippen LogP contribution in [0.1, 0.15) is 37.7 Å². The van der Waals surface area contributed by atoms with Crippen molar-refractivity contribution in [2.45, 2.75) is 38.5 Å². The van der Waals surface area contributed by atoms with E-state index in [1.165, 1.54) is 37.7 Å². The molecule has 0 radical (unpaired) electrons. The second-order valence-corrected chi connectivity index (χ2v) is 6.89. The van der Waals surface area contributed by atoms with Crippen LogP contribution in [0.25, 0.3) is 0 Å². The van der Waals surface area contributed by atoms with E-state index in [2.05, 4.69) is 26.5 Å². The summed E-state index contributed by atoms with van der Waals surface area (Å²) in [6, 6.07) is 0. The molecule has 1 N–H and O–H groups in total. The first-order valence-corrected chi connectivity index (χ1v) is 8.67. The largest absolute Gasteiger partial charge is 0.356 e. The van der Waals surface area contributed by atoms with Gasteiger partial charge in [0, 0.05) is 39.9 Å². The van der Waals surface area contributed by atoms with E-state index in [1.54, 1.807) is 0 Å². The van der Waals surface area contributed by atoms with Crippen molar-refractivity contribution in [3.63, 3.8) is 0 Å². The van der Waals surface area contributed by atoms with Crippen molar-refractivity contribution in [1.82, 2.24) is 20.0 Å². The molecule has 2 heterocycles. The standard InChI is InChI=1S/C17H29N5.HI/c1-18-17(19-8-3-4-14-5-6-14)22-9-7-15(13-22)10-16-11-20-21(2)12-16;/h11-12,14-15H,3-10,13H2,1-2H3,(H,18,19);1H. The number of aliphatic imine (C=N–C) groups is 1. The molecule has 6 heteroatoms. The minimum absolute atomic E-state index is 0. The van der Waals surface area contributed by atoms with Crippen molar-refractivity contribution in [1.29, 1.82) is 0 Å². The molecule has 1 aromatic heterocycles. The van der Waals surface area contributed by atoms with Gasteiger partial charge in [-0.15, -0.1) is 24.0 Å². The first-order valence-electron chi connectivity index (χ1n) is 8.67. The maximum absolute atomic E-state index is 4.46. The summed E-state index contributed by atoms with van der Waals surface area (Å²) in [6.07, 6.45) is 12.1. The van der Waals surface area contributed by atoms with Crippen molar-refractivity contribution < 1.29 is 0 Å². The summed E-state index contributed by atoms with van der Waals surface area (Å²) in [4.78, 5) is 6.88. The number of guanidine groups is 1. The summed E-state index contributed by atoms with van der Waals surface area (Å²) in [5.41, 5.74) is 1.35. The highest BCUT2D eigenvalue weighted by molar-refractivity contribution is 14.0. The minimum Gasteiger partial charge on any atom is -0.356 e. The number of aromatic nitrogens is 2. The van der Waals surface area contributed by atoms with Crippen molar-refractivity contribution >= 4 is 29.9 Å². The number of hydrogen-bond acceptors (Lipinski definition) is 2. The number of nitrogens with zero attached hydrogens (tertiary/aromatic N) is 4. The van der Waals surface area contributed by atoms with Gasteiger partial charge in [-0.2, -0.15) is 5.10 Å². The monoisotopic (exact) mass is 431 g/mol. The predicted octanol–water partition coefficient (Wildman–Crippen LogP) is 2.67. The molecule has 130 valence electrons. The first kappa shape index (κ1) is 18.5. The highest BCUT2D eigenvalue weighted by Crippen LogP contribution is 2.33. The predicted molar refractivity (Wildman–Crippen MR) is 105 cm³/mol. The van der Waals surface area contributed by atoms with Gasteiger partial charge in [0.15, 0.2) is 5.96 Å². The molecule has 3 rings (SSSR count). The lowest BCUT2D eigenvalue weighted by atomic mass is 10.0. The number of nitrogens with one attached hydrogen (secondary N) is 1. The molecule has 0 spiro atoms. The minimum atomic E-state index is 0. The van der Waals surface area contributed by atoms with Crippen LogP contribution in [0.2, 0.25) is 0 Å². The van der Waals surface area contributed by atoms with Gasteiger partial charge in [0.25, 0.3) is 0 Å². The highest BCUT2D eigenvalue weighted by atomic mass is 127. The van der Waals surface area contributed by atoms with Gasteiger partial charge in [0.2, 0.25) is 0 Å². The molecule has 2 aliphatic rings. The third kappa shape index (κ3) is 5.65. The average Bonchev–Trinajstić information content (AvgIpc) is 3.08. The number of halogens is 1. The lowest BCUT2D eigenvalue weighted by Gasteiger charge is -2.21. The Bertz CT molecular complexity index is 509. The van der Waals surface area contributed by atoms with Crippen LogP contribution < -0.4 is 5.32 Å². The molecule has 5 nitrogen and oxygen atoms in total. The van der Waals surface area contributed by atoms with E-state index in [0.717, 1.165) is 37.9 Å². The van der Waals surface area contributed by atoms with E-state index >= 15 is 0 Å². The Balaban J connectivity index is 0.00000192. The number of hydrogen-bond donors (Lipinski definition) is 1. The Hall–Kier alpha value is -0.790. The highest BCUT2D eigenvalue weighted by Gasteiger charge is 2.25. The van der Waals surface area contributed by atoms with Crippen LogP contribution >= 0.6 is 24.0 Å². The zero-order valence-corrected chi connectivity index (χ0v) is 16.7. The molecule has 1 aliphatic heterocycles. The molecule has 1 unspecified atom stereocenters. The van der Waals surface area contributed by atoms with Gasteiger partial charge >= 0.3 is 0 Å². The summed E-state index contributed by atoms with van der Waals surface area (Å²) in [5, 5.41) is 7.81. The molecule has 1 aliphatic carbocycles. The fraction of sp³-hybridized carbons (Fsp3) is 0.765. The molecule has 1 atom stereocenters. The molecule has 23 heavy (non-hydrogen) atoms. The third-order valence-corrected chi connectivity index (χ3v) is 4.85. The Labute approximate surface area is 156 Å². The molecule has 0 amide bonds. The molecular weight excluding hydrogens is 401 g/mol. The van der Waals surface area contributed by atoms with E-state index in [0.29, 0.717) is 5.92 Å². The zero-order chi connectivity index (χ0) is 15.4. The number of aryl methyl sites for hydroxylation is 1. The lowest BCUT2D eigenvalue weighted by Crippen LogP contribution is -2.40. The first-order chi connectivity index (χ1) is 10.7. The average molecular weight is 431 g/mol. The van der Waals surface area contributed by atoms with Gasteiger partial charge in [-0.25, -0.2) is 0 Å². The Morgan fingerprint density at radius 2 is 2.17 bits per heavy atom. The molecule has 1 aromatic rings. The van der Waals surface area contributed by atoms with Crippen LogP contribution in [0, 0.1) is 11.8 Å². The van der Waals surface area contributed by atoms with Gasteiger partial charge < -0.3 is 10.2 Å². The van der Waals surface area contributed by atoms with E-state index in [-0.39, 0.29) is 24.0 Å². The van der Waals surface area contributed by atoms with Crippen molar-refractivity contribution in [2.75, 3.05) is 26.7 Å². The zero-order valence-electron chi connectivity index (χ0n) is 14.4. The van der Waals surface area contributed by atoms with E-state index < -0.39 is 0 Å². The summed E-state index contributed by atoms with van der Waals surface area (Å²) in [7, 11) is 3.88. The van der Waals surface area contributed by atoms with E-state index in [4.69, 9.17) is 0 Å². The van der Waals surface area contributed by atoms with Crippen LogP contribution in [0.3, 0.4) is 0 Å². The normalized spacial score (nSPS) is 21.4. The smallest absolute Gasteiger partial charge is 0.193 e. The summed E-state index contributed by atoms with van der Waals surface area (Å²) >= 11 is 0. The number of rotatable bonds is 6. The fourth-order valence-corrected chi connectivity index (χ4v) is 3.43.